The molecule has 0 nitrogen and oxygen atoms in total. The molecule has 0 rings (SSSR count). The van der Waals surface area contributed by atoms with Gasteiger partial charge in [0, 0.05) is 0 Å². The van der Waals surface area contributed by atoms with Gasteiger partial charge in [-0.25, -0.2) is 0 Å². The third-order valence-electron chi connectivity index (χ3n) is 2.41. The maximum absolute atomic E-state index is 4.04. The molecule has 0 aromatic heterocycles. The standard InChI is InChI=1S/C10H20/c1-6-7-8-10(4,5)9(2)3/h9H,1-2,6-8H2,3-5H3. The first kappa shape index (κ1) is 10.0. The van der Waals surface area contributed by atoms with Crippen molar-refractivity contribution >= 4 is 0 Å². The van der Waals surface area contributed by atoms with E-state index in [0.29, 0.717) is 11.3 Å². The molecule has 0 aliphatic heterocycles. The Hall–Kier alpha value is 0. The van der Waals surface area contributed by atoms with E-state index in [1.54, 1.807) is 0 Å². The molecule has 0 aromatic rings. The molecule has 1 unspecified atom stereocenters. The topological polar surface area (TPSA) is 0 Å². The van der Waals surface area contributed by atoms with Gasteiger partial charge in [0.05, 0.1) is 0 Å². The van der Waals surface area contributed by atoms with E-state index in [1.165, 1.54) is 12.8 Å². The van der Waals surface area contributed by atoms with E-state index in [2.05, 4.69) is 34.6 Å². The predicted octanol–water partition coefficient (Wildman–Crippen LogP) is 3.49. The Balaban J connectivity index is 3.63. The summed E-state index contributed by atoms with van der Waals surface area (Å²) in [5.74, 6) is 0.541. The molecule has 60 valence electrons. The first-order chi connectivity index (χ1) is 4.50. The van der Waals surface area contributed by atoms with Gasteiger partial charge in [-0.05, 0) is 24.7 Å². The van der Waals surface area contributed by atoms with Gasteiger partial charge in [-0.3, -0.25) is 0 Å². The molecule has 0 saturated carbocycles. The van der Waals surface area contributed by atoms with Crippen molar-refractivity contribution in [3.63, 3.8) is 0 Å². The van der Waals surface area contributed by atoms with Gasteiger partial charge in [-0.1, -0.05) is 40.5 Å². The lowest BCUT2D eigenvalue weighted by Crippen LogP contribution is -2.18. The molecule has 0 N–H and O–H groups in total. The van der Waals surface area contributed by atoms with Crippen molar-refractivity contribution in [1.82, 2.24) is 0 Å². The molecular formula is C10H20. The lowest BCUT2D eigenvalue weighted by atomic mass is 9.77. The third kappa shape index (κ3) is 3.24. The lowest BCUT2D eigenvalue weighted by molar-refractivity contribution is 0.246. The lowest BCUT2D eigenvalue weighted by Gasteiger charge is -2.28. The second kappa shape index (κ2) is 4.00. The van der Waals surface area contributed by atoms with Crippen LogP contribution < -0.4 is 0 Å². The molecule has 0 heteroatoms. The molecule has 0 aliphatic rings. The predicted molar refractivity (Wildman–Crippen MR) is 47.5 cm³/mol. The van der Waals surface area contributed by atoms with Crippen LogP contribution in [0.5, 0.6) is 0 Å². The van der Waals surface area contributed by atoms with E-state index >= 15 is 0 Å². The Morgan fingerprint density at radius 3 is 2.20 bits per heavy atom. The quantitative estimate of drug-likeness (QED) is 0.560. The average molecular weight is 140 g/mol. The highest BCUT2D eigenvalue weighted by Crippen LogP contribution is 2.31. The van der Waals surface area contributed by atoms with Crippen molar-refractivity contribution in [3.05, 3.63) is 13.8 Å². The fourth-order valence-corrected chi connectivity index (χ4v) is 0.827. The third-order valence-corrected chi connectivity index (χ3v) is 2.41. The Kier molecular flexibility index (Phi) is 4.00. The maximum Gasteiger partial charge on any atom is -0.0329 e. The molecule has 0 aliphatic carbocycles. The van der Waals surface area contributed by atoms with Gasteiger partial charge in [-0.2, -0.15) is 0 Å². The summed E-state index contributed by atoms with van der Waals surface area (Å²) in [4.78, 5) is 0. The molecule has 0 spiro atoms. The molecule has 10 heavy (non-hydrogen) atoms. The monoisotopic (exact) mass is 140 g/mol. The summed E-state index contributed by atoms with van der Waals surface area (Å²) in [5.41, 5.74) is 0.400. The van der Waals surface area contributed by atoms with Crippen LogP contribution in [0, 0.1) is 25.2 Å². The summed E-state index contributed by atoms with van der Waals surface area (Å²) in [7, 11) is 0. The van der Waals surface area contributed by atoms with Crippen molar-refractivity contribution in [3.8, 4) is 0 Å². The van der Waals surface area contributed by atoms with E-state index < -0.39 is 0 Å². The van der Waals surface area contributed by atoms with Crippen molar-refractivity contribution in [2.75, 3.05) is 0 Å². The summed E-state index contributed by atoms with van der Waals surface area (Å²) in [6.07, 6.45) is 3.53. The van der Waals surface area contributed by atoms with Crippen LogP contribution in [0.4, 0.5) is 0 Å². The van der Waals surface area contributed by atoms with Crippen LogP contribution in [0.3, 0.4) is 0 Å². The van der Waals surface area contributed by atoms with Gasteiger partial charge in [-0.15, -0.1) is 0 Å². The van der Waals surface area contributed by atoms with Gasteiger partial charge >= 0.3 is 0 Å². The summed E-state index contributed by atoms with van der Waals surface area (Å²) in [6, 6.07) is 0. The van der Waals surface area contributed by atoms with Crippen LogP contribution in [-0.2, 0) is 0 Å². The van der Waals surface area contributed by atoms with E-state index in [-0.39, 0.29) is 0 Å². The van der Waals surface area contributed by atoms with Crippen LogP contribution in [0.25, 0.3) is 0 Å². The summed E-state index contributed by atoms with van der Waals surface area (Å²) in [5, 5.41) is 0. The number of hydrogen-bond donors (Lipinski definition) is 0. The van der Waals surface area contributed by atoms with Crippen LogP contribution in [-0.4, -0.2) is 0 Å². The average Bonchev–Trinajstić information content (AvgIpc) is 1.84. The SMILES string of the molecule is [CH2]CCCC(C)(C)C([CH2])C. The molecular weight excluding hydrogens is 120 g/mol. The second-order valence-electron chi connectivity index (χ2n) is 3.85. The van der Waals surface area contributed by atoms with Gasteiger partial charge in [0.25, 0.3) is 0 Å². The molecule has 0 aromatic carbocycles. The van der Waals surface area contributed by atoms with Gasteiger partial charge in [0.1, 0.15) is 0 Å². The zero-order valence-corrected chi connectivity index (χ0v) is 7.61. The minimum absolute atomic E-state index is 0.400. The Labute approximate surface area is 66.0 Å². The van der Waals surface area contributed by atoms with Crippen LogP contribution in [0.1, 0.15) is 40.0 Å². The largest absolute Gasteiger partial charge is 0.0620 e. The van der Waals surface area contributed by atoms with Crippen molar-refractivity contribution in [2.45, 2.75) is 40.0 Å². The van der Waals surface area contributed by atoms with Crippen LogP contribution >= 0.6 is 0 Å². The first-order valence-corrected chi connectivity index (χ1v) is 4.13. The molecule has 0 saturated heterocycles. The molecule has 0 fully saturated rings. The van der Waals surface area contributed by atoms with Gasteiger partial charge in [0.15, 0.2) is 0 Å². The first-order valence-electron chi connectivity index (χ1n) is 4.13. The highest BCUT2D eigenvalue weighted by molar-refractivity contribution is 4.76. The van der Waals surface area contributed by atoms with E-state index in [9.17, 15) is 0 Å². The minimum Gasteiger partial charge on any atom is -0.0620 e. The highest BCUT2D eigenvalue weighted by Gasteiger charge is 2.20. The Morgan fingerprint density at radius 2 is 1.90 bits per heavy atom. The molecule has 0 amide bonds. The molecule has 2 radical (unpaired) electrons. The Morgan fingerprint density at radius 1 is 1.40 bits per heavy atom. The summed E-state index contributed by atoms with van der Waals surface area (Å²) in [6.45, 7) is 14.6. The van der Waals surface area contributed by atoms with Crippen LogP contribution in [0.2, 0.25) is 0 Å². The molecule has 0 heterocycles. The fourth-order valence-electron chi connectivity index (χ4n) is 0.827. The van der Waals surface area contributed by atoms with Crippen LogP contribution in [0.15, 0.2) is 0 Å². The van der Waals surface area contributed by atoms with E-state index in [1.807, 2.05) is 0 Å². The number of unbranched alkanes of at least 4 members (excludes halogenated alkanes) is 1. The van der Waals surface area contributed by atoms with Gasteiger partial charge < -0.3 is 0 Å². The normalized spacial score (nSPS) is 12.6. The Bertz CT molecular complexity index is 80.0. The van der Waals surface area contributed by atoms with Gasteiger partial charge in [0.2, 0.25) is 0 Å². The fraction of sp³-hybridized carbons (Fsp3) is 0.800. The highest BCUT2D eigenvalue weighted by atomic mass is 14.3. The number of rotatable bonds is 4. The molecule has 0 bridgehead atoms. The maximum atomic E-state index is 4.04. The number of hydrogen-bond acceptors (Lipinski definition) is 0. The summed E-state index contributed by atoms with van der Waals surface area (Å²) < 4.78 is 0. The van der Waals surface area contributed by atoms with E-state index in [0.717, 1.165) is 6.42 Å². The minimum atomic E-state index is 0.400. The zero-order chi connectivity index (χ0) is 8.20. The van der Waals surface area contributed by atoms with Crippen molar-refractivity contribution in [2.24, 2.45) is 11.3 Å². The van der Waals surface area contributed by atoms with Crippen molar-refractivity contribution < 1.29 is 0 Å². The second-order valence-corrected chi connectivity index (χ2v) is 3.85. The van der Waals surface area contributed by atoms with E-state index in [4.69, 9.17) is 0 Å². The summed E-state index contributed by atoms with van der Waals surface area (Å²) >= 11 is 0. The van der Waals surface area contributed by atoms with Crippen molar-refractivity contribution in [1.29, 1.82) is 0 Å². The smallest absolute Gasteiger partial charge is 0.0329 e. The molecule has 1 atom stereocenters. The zero-order valence-electron chi connectivity index (χ0n) is 7.61.